The number of likely N-dealkylation sites (tertiary alicyclic amines) is 1. The molecule has 2 atom stereocenters. The molecule has 0 saturated carbocycles. The molecule has 0 bridgehead atoms. The largest absolute Gasteiger partial charge is 0.444 e. The number of rotatable bonds is 5. The minimum atomic E-state index is -0.859. The van der Waals surface area contributed by atoms with E-state index >= 15 is 0 Å². The van der Waals surface area contributed by atoms with Crippen molar-refractivity contribution in [1.82, 2.24) is 10.2 Å². The van der Waals surface area contributed by atoms with Gasteiger partial charge in [0.1, 0.15) is 17.2 Å². The topological polar surface area (TPSA) is 88.2 Å². The maximum Gasteiger partial charge on any atom is 0.408 e. The van der Waals surface area contributed by atoms with Crippen molar-refractivity contribution < 1.29 is 23.9 Å². The quantitative estimate of drug-likeness (QED) is 0.761. The molecule has 2 aliphatic heterocycles. The molecule has 0 aliphatic carbocycles. The van der Waals surface area contributed by atoms with Crippen LogP contribution in [0.2, 0.25) is 0 Å². The number of hydrogen-bond acceptors (Lipinski definition) is 5. The lowest BCUT2D eigenvalue weighted by atomic mass is 10.0. The highest BCUT2D eigenvalue weighted by molar-refractivity contribution is 5.96. The number of Topliss-reactive ketones (excluding diaryl/α,β-unsaturated/α-hetero) is 1. The fraction of sp³-hybridized carbons (Fsp3) is 0.800. The lowest BCUT2D eigenvalue weighted by Crippen LogP contribution is -2.53. The Labute approximate surface area is 130 Å². The van der Waals surface area contributed by atoms with Crippen LogP contribution in [0.3, 0.4) is 0 Å². The number of hydrogen-bond donors (Lipinski definition) is 1. The molecule has 0 aromatic rings. The highest BCUT2D eigenvalue weighted by Gasteiger charge is 2.50. The fourth-order valence-corrected chi connectivity index (χ4v) is 2.38. The van der Waals surface area contributed by atoms with Crippen LogP contribution in [0.15, 0.2) is 0 Å². The first-order valence-corrected chi connectivity index (χ1v) is 7.56. The van der Waals surface area contributed by atoms with Gasteiger partial charge in [-0.3, -0.25) is 9.59 Å². The summed E-state index contributed by atoms with van der Waals surface area (Å²) in [6.07, 6.45) is 0.600. The number of ketones is 1. The first-order valence-electron chi connectivity index (χ1n) is 7.56. The summed E-state index contributed by atoms with van der Waals surface area (Å²) in [6.45, 7) is 8.04. The van der Waals surface area contributed by atoms with Crippen molar-refractivity contribution in [3.63, 3.8) is 0 Å². The summed E-state index contributed by atoms with van der Waals surface area (Å²) in [5, 5.41) is 2.58. The number of epoxide rings is 1. The van der Waals surface area contributed by atoms with Gasteiger partial charge in [0.25, 0.3) is 0 Å². The number of ether oxygens (including phenoxy) is 2. The Bertz CT molecular complexity index is 479. The Hall–Kier alpha value is -1.63. The van der Waals surface area contributed by atoms with E-state index in [1.54, 1.807) is 32.6 Å². The van der Waals surface area contributed by atoms with Gasteiger partial charge in [-0.05, 0) is 34.1 Å². The van der Waals surface area contributed by atoms with Gasteiger partial charge in [-0.15, -0.1) is 0 Å². The average Bonchev–Trinajstić information content (AvgIpc) is 3.00. The molecule has 0 unspecified atom stereocenters. The minimum Gasteiger partial charge on any atom is -0.444 e. The van der Waals surface area contributed by atoms with Crippen LogP contribution in [0, 0.1) is 0 Å². The Morgan fingerprint density at radius 2 is 2.09 bits per heavy atom. The smallest absolute Gasteiger partial charge is 0.408 e. The molecule has 2 heterocycles. The summed E-state index contributed by atoms with van der Waals surface area (Å²) in [5.41, 5.74) is -1.51. The van der Waals surface area contributed by atoms with Crippen molar-refractivity contribution in [3.05, 3.63) is 0 Å². The van der Waals surface area contributed by atoms with E-state index in [2.05, 4.69) is 5.32 Å². The lowest BCUT2D eigenvalue weighted by Gasteiger charge is -2.27. The molecule has 7 nitrogen and oxygen atoms in total. The summed E-state index contributed by atoms with van der Waals surface area (Å²) >= 11 is 0. The molecule has 124 valence electrons. The third-order valence-electron chi connectivity index (χ3n) is 3.68. The molecule has 1 N–H and O–H groups in total. The van der Waals surface area contributed by atoms with Crippen molar-refractivity contribution in [1.29, 1.82) is 0 Å². The van der Waals surface area contributed by atoms with Crippen LogP contribution in [0.5, 0.6) is 0 Å². The van der Waals surface area contributed by atoms with Crippen LogP contribution in [-0.4, -0.2) is 59.6 Å². The summed E-state index contributed by atoms with van der Waals surface area (Å²) in [5.74, 6) is -0.219. The molecular formula is C15H24N2O5. The number of nitrogens with one attached hydrogen (secondary N) is 1. The molecule has 2 rings (SSSR count). The van der Waals surface area contributed by atoms with Gasteiger partial charge < -0.3 is 19.7 Å². The third kappa shape index (κ3) is 4.19. The average molecular weight is 312 g/mol. The number of amides is 2. The van der Waals surface area contributed by atoms with Gasteiger partial charge in [0.15, 0.2) is 5.78 Å². The predicted molar refractivity (Wildman–Crippen MR) is 78.3 cm³/mol. The summed E-state index contributed by atoms with van der Waals surface area (Å²) in [4.78, 5) is 37.8. The predicted octanol–water partition coefficient (Wildman–Crippen LogP) is 0.860. The van der Waals surface area contributed by atoms with Crippen LogP contribution >= 0.6 is 0 Å². The standard InChI is InChI=1S/C15H24N2O5/c1-14(2,3)22-13(20)16-10(12(19)15(4)9-21-15)8-17-7-5-6-11(17)18/h10H,5-9H2,1-4H3,(H,16,20)/t10-,15+/m0/s1. The second-order valence-corrected chi connectivity index (χ2v) is 7.03. The van der Waals surface area contributed by atoms with Crippen LogP contribution < -0.4 is 5.32 Å². The van der Waals surface area contributed by atoms with Crippen LogP contribution in [0.25, 0.3) is 0 Å². The second-order valence-electron chi connectivity index (χ2n) is 7.03. The molecule has 2 amide bonds. The second kappa shape index (κ2) is 5.87. The maximum absolute atomic E-state index is 12.5. The zero-order valence-electron chi connectivity index (χ0n) is 13.6. The maximum atomic E-state index is 12.5. The normalized spacial score (nSPS) is 25.8. The molecule has 0 aromatic carbocycles. The fourth-order valence-electron chi connectivity index (χ4n) is 2.38. The Morgan fingerprint density at radius 3 is 2.55 bits per heavy atom. The highest BCUT2D eigenvalue weighted by atomic mass is 16.6. The van der Waals surface area contributed by atoms with Crippen molar-refractivity contribution in [3.8, 4) is 0 Å². The summed E-state index contributed by atoms with van der Waals surface area (Å²) in [7, 11) is 0. The van der Waals surface area contributed by atoms with Crippen LogP contribution in [0.4, 0.5) is 4.79 Å². The Balaban J connectivity index is 2.03. The SMILES string of the molecule is CC(C)(C)OC(=O)N[C@@H](CN1CCCC1=O)C(=O)[C@@]1(C)CO1. The van der Waals surface area contributed by atoms with Gasteiger partial charge in [0, 0.05) is 19.5 Å². The first-order chi connectivity index (χ1) is 10.1. The van der Waals surface area contributed by atoms with E-state index in [0.29, 0.717) is 19.6 Å². The van der Waals surface area contributed by atoms with E-state index < -0.39 is 23.3 Å². The van der Waals surface area contributed by atoms with E-state index in [-0.39, 0.29) is 18.2 Å². The number of alkyl carbamates (subject to hydrolysis) is 1. The number of nitrogens with zero attached hydrogens (tertiary/aromatic N) is 1. The molecule has 2 aliphatic rings. The van der Waals surface area contributed by atoms with E-state index in [1.807, 2.05) is 0 Å². The van der Waals surface area contributed by atoms with Crippen molar-refractivity contribution in [2.75, 3.05) is 19.7 Å². The monoisotopic (exact) mass is 312 g/mol. The highest BCUT2D eigenvalue weighted by Crippen LogP contribution is 2.29. The minimum absolute atomic E-state index is 0.00524. The molecule has 0 radical (unpaired) electrons. The lowest BCUT2D eigenvalue weighted by molar-refractivity contribution is -0.130. The molecular weight excluding hydrogens is 288 g/mol. The van der Waals surface area contributed by atoms with Gasteiger partial charge in [-0.1, -0.05) is 0 Å². The van der Waals surface area contributed by atoms with E-state index in [1.165, 1.54) is 0 Å². The summed E-state index contributed by atoms with van der Waals surface area (Å²) < 4.78 is 10.4. The van der Waals surface area contributed by atoms with E-state index in [9.17, 15) is 14.4 Å². The first kappa shape index (κ1) is 16.7. The van der Waals surface area contributed by atoms with E-state index in [0.717, 1.165) is 6.42 Å². The van der Waals surface area contributed by atoms with Gasteiger partial charge >= 0.3 is 6.09 Å². The number of carbonyl (C=O) groups is 3. The molecule has 0 aromatic heterocycles. The zero-order valence-corrected chi connectivity index (χ0v) is 13.6. The van der Waals surface area contributed by atoms with Crippen molar-refractivity contribution >= 4 is 17.8 Å². The van der Waals surface area contributed by atoms with Gasteiger partial charge in [0.05, 0.1) is 6.61 Å². The van der Waals surface area contributed by atoms with Gasteiger partial charge in [0.2, 0.25) is 5.91 Å². The Morgan fingerprint density at radius 1 is 1.45 bits per heavy atom. The molecule has 2 saturated heterocycles. The summed E-state index contributed by atoms with van der Waals surface area (Å²) in [6, 6.07) is -0.815. The molecule has 7 heteroatoms. The van der Waals surface area contributed by atoms with Crippen molar-refractivity contribution in [2.24, 2.45) is 0 Å². The van der Waals surface area contributed by atoms with E-state index in [4.69, 9.17) is 9.47 Å². The van der Waals surface area contributed by atoms with Crippen molar-refractivity contribution in [2.45, 2.75) is 57.8 Å². The van der Waals surface area contributed by atoms with Crippen LogP contribution in [0.1, 0.15) is 40.5 Å². The molecule has 0 spiro atoms. The van der Waals surface area contributed by atoms with Gasteiger partial charge in [-0.25, -0.2) is 4.79 Å². The molecule has 22 heavy (non-hydrogen) atoms. The van der Waals surface area contributed by atoms with Gasteiger partial charge in [-0.2, -0.15) is 0 Å². The number of carbonyl (C=O) groups excluding carboxylic acids is 3. The Kier molecular flexibility index (Phi) is 4.47. The zero-order chi connectivity index (χ0) is 16.5. The third-order valence-corrected chi connectivity index (χ3v) is 3.68. The van der Waals surface area contributed by atoms with Crippen LogP contribution in [-0.2, 0) is 19.1 Å². The molecule has 2 fully saturated rings.